The van der Waals surface area contributed by atoms with E-state index in [9.17, 15) is 9.90 Å². The summed E-state index contributed by atoms with van der Waals surface area (Å²) < 4.78 is 8.48. The largest absolute Gasteiger partial charge is 0.457 e. The fourth-order valence-electron chi connectivity index (χ4n) is 3.54. The third kappa shape index (κ3) is 3.25. The van der Waals surface area contributed by atoms with E-state index < -0.39 is 5.60 Å². The van der Waals surface area contributed by atoms with Crippen molar-refractivity contribution in [3.05, 3.63) is 81.0 Å². The Bertz CT molecular complexity index is 1290. The van der Waals surface area contributed by atoms with E-state index in [4.69, 9.17) is 16.3 Å². The van der Waals surface area contributed by atoms with E-state index in [0.29, 0.717) is 21.2 Å². The maximum absolute atomic E-state index is 12.5. The standard InChI is InChI=1S/C23H18ClNO3S/c1-25-13-19(17-8-11-29-21(17)22(25)26)18-12-14(23(27)9-10-23)2-7-20(18)28-16-5-3-15(24)4-6-16/h2-8,11-13,27H,9-10H2,1H3. The van der Waals surface area contributed by atoms with Gasteiger partial charge in [0.2, 0.25) is 0 Å². The Balaban J connectivity index is 1.71. The molecule has 0 atom stereocenters. The monoisotopic (exact) mass is 423 g/mol. The van der Waals surface area contributed by atoms with E-state index >= 15 is 0 Å². The lowest BCUT2D eigenvalue weighted by molar-refractivity contribution is 0.151. The van der Waals surface area contributed by atoms with Gasteiger partial charge in [-0.1, -0.05) is 17.7 Å². The average molecular weight is 424 g/mol. The Morgan fingerprint density at radius 3 is 2.59 bits per heavy atom. The number of thiophene rings is 1. The molecule has 0 unspecified atom stereocenters. The second-order valence-electron chi connectivity index (χ2n) is 7.42. The van der Waals surface area contributed by atoms with Gasteiger partial charge in [0.05, 0.1) is 5.60 Å². The molecular weight excluding hydrogens is 406 g/mol. The van der Waals surface area contributed by atoms with Gasteiger partial charge in [-0.3, -0.25) is 4.79 Å². The minimum Gasteiger partial charge on any atom is -0.457 e. The molecule has 29 heavy (non-hydrogen) atoms. The fraction of sp³-hybridized carbons (Fsp3) is 0.174. The molecule has 0 aliphatic heterocycles. The Hall–Kier alpha value is -2.60. The molecule has 0 saturated heterocycles. The molecule has 0 spiro atoms. The molecule has 1 N–H and O–H groups in total. The van der Waals surface area contributed by atoms with Crippen molar-refractivity contribution < 1.29 is 9.84 Å². The molecule has 4 aromatic rings. The number of pyridine rings is 1. The van der Waals surface area contributed by atoms with E-state index in [-0.39, 0.29) is 5.56 Å². The van der Waals surface area contributed by atoms with E-state index in [0.717, 1.165) is 34.9 Å². The van der Waals surface area contributed by atoms with Crippen LogP contribution in [-0.2, 0) is 12.6 Å². The van der Waals surface area contributed by atoms with Gasteiger partial charge in [0, 0.05) is 34.8 Å². The lowest BCUT2D eigenvalue weighted by Gasteiger charge is -2.17. The Labute approximate surface area is 176 Å². The zero-order valence-corrected chi connectivity index (χ0v) is 17.3. The van der Waals surface area contributed by atoms with Gasteiger partial charge in [0.25, 0.3) is 5.56 Å². The van der Waals surface area contributed by atoms with Gasteiger partial charge < -0.3 is 14.4 Å². The number of hydrogen-bond acceptors (Lipinski definition) is 4. The summed E-state index contributed by atoms with van der Waals surface area (Å²) in [5.74, 6) is 1.33. The third-order valence-electron chi connectivity index (χ3n) is 5.36. The highest BCUT2D eigenvalue weighted by Gasteiger charge is 2.42. The zero-order chi connectivity index (χ0) is 20.2. The summed E-state index contributed by atoms with van der Waals surface area (Å²) >= 11 is 7.42. The van der Waals surface area contributed by atoms with E-state index in [2.05, 4.69) is 0 Å². The van der Waals surface area contributed by atoms with Crippen LogP contribution >= 0.6 is 22.9 Å². The van der Waals surface area contributed by atoms with Crippen molar-refractivity contribution in [2.75, 3.05) is 0 Å². The number of aliphatic hydroxyl groups is 1. The predicted molar refractivity (Wildman–Crippen MR) is 117 cm³/mol. The molecule has 6 heteroatoms. The second-order valence-corrected chi connectivity index (χ2v) is 8.77. The third-order valence-corrected chi connectivity index (χ3v) is 6.52. The predicted octanol–water partition coefficient (Wildman–Crippen LogP) is 5.69. The molecule has 5 rings (SSSR count). The smallest absolute Gasteiger partial charge is 0.268 e. The molecule has 2 aromatic heterocycles. The molecule has 0 bridgehead atoms. The van der Waals surface area contributed by atoms with Crippen molar-refractivity contribution >= 4 is 33.0 Å². The summed E-state index contributed by atoms with van der Waals surface area (Å²) in [7, 11) is 1.75. The number of aromatic nitrogens is 1. The van der Waals surface area contributed by atoms with Crippen LogP contribution in [0.25, 0.3) is 21.2 Å². The van der Waals surface area contributed by atoms with Crippen molar-refractivity contribution in [3.8, 4) is 22.6 Å². The van der Waals surface area contributed by atoms with Crippen LogP contribution in [-0.4, -0.2) is 9.67 Å². The normalized spacial score (nSPS) is 14.9. The number of nitrogens with zero attached hydrogens (tertiary/aromatic N) is 1. The first-order chi connectivity index (χ1) is 13.9. The first-order valence-corrected chi connectivity index (χ1v) is 10.6. The van der Waals surface area contributed by atoms with Crippen LogP contribution < -0.4 is 10.3 Å². The summed E-state index contributed by atoms with van der Waals surface area (Å²) in [4.78, 5) is 12.5. The van der Waals surface area contributed by atoms with E-state index in [1.54, 1.807) is 23.7 Å². The molecule has 1 aliphatic rings. The van der Waals surface area contributed by atoms with Gasteiger partial charge in [0.1, 0.15) is 16.2 Å². The molecule has 2 heterocycles. The summed E-state index contributed by atoms with van der Waals surface area (Å²) in [6.45, 7) is 0. The van der Waals surface area contributed by atoms with Crippen LogP contribution in [0.1, 0.15) is 18.4 Å². The first-order valence-electron chi connectivity index (χ1n) is 9.32. The zero-order valence-electron chi connectivity index (χ0n) is 15.7. The maximum Gasteiger partial charge on any atom is 0.268 e. The van der Waals surface area contributed by atoms with E-state index in [1.165, 1.54) is 11.3 Å². The molecule has 4 nitrogen and oxygen atoms in total. The van der Waals surface area contributed by atoms with Crippen LogP contribution in [0.15, 0.2) is 64.9 Å². The van der Waals surface area contributed by atoms with Gasteiger partial charge >= 0.3 is 0 Å². The SMILES string of the molecule is Cn1cc(-c2cc(C3(O)CC3)ccc2Oc2ccc(Cl)cc2)c2ccsc2c1=O. The average Bonchev–Trinajstić information content (AvgIpc) is 3.27. The van der Waals surface area contributed by atoms with Crippen LogP contribution in [0.5, 0.6) is 11.5 Å². The Kier molecular flexibility index (Phi) is 4.28. The number of aryl methyl sites for hydroxylation is 1. The highest BCUT2D eigenvalue weighted by atomic mass is 35.5. The van der Waals surface area contributed by atoms with Crippen molar-refractivity contribution in [2.24, 2.45) is 7.05 Å². The van der Waals surface area contributed by atoms with Crippen molar-refractivity contribution in [3.63, 3.8) is 0 Å². The summed E-state index contributed by atoms with van der Waals surface area (Å²) in [6, 6.07) is 14.9. The molecule has 0 radical (unpaired) electrons. The number of benzene rings is 2. The molecular formula is C23H18ClNO3S. The van der Waals surface area contributed by atoms with Crippen LogP contribution in [0.3, 0.4) is 0 Å². The molecule has 146 valence electrons. The number of fused-ring (bicyclic) bond motifs is 1. The second kappa shape index (κ2) is 6.73. The minimum atomic E-state index is -0.762. The summed E-state index contributed by atoms with van der Waals surface area (Å²) in [6.07, 6.45) is 3.35. The van der Waals surface area contributed by atoms with Gasteiger partial charge in [0.15, 0.2) is 0 Å². The highest BCUT2D eigenvalue weighted by Crippen LogP contribution is 2.48. The minimum absolute atomic E-state index is 0.0177. The van der Waals surface area contributed by atoms with Crippen LogP contribution in [0.4, 0.5) is 0 Å². The highest BCUT2D eigenvalue weighted by molar-refractivity contribution is 7.17. The van der Waals surface area contributed by atoms with Gasteiger partial charge in [-0.2, -0.15) is 0 Å². The Morgan fingerprint density at radius 2 is 1.86 bits per heavy atom. The first kappa shape index (κ1) is 18.4. The summed E-state index contributed by atoms with van der Waals surface area (Å²) in [5.41, 5.74) is 1.83. The Morgan fingerprint density at radius 1 is 1.10 bits per heavy atom. The van der Waals surface area contributed by atoms with Crippen molar-refractivity contribution in [1.29, 1.82) is 0 Å². The van der Waals surface area contributed by atoms with Crippen molar-refractivity contribution in [1.82, 2.24) is 4.57 Å². The molecule has 1 saturated carbocycles. The lowest BCUT2D eigenvalue weighted by Crippen LogP contribution is -2.15. The molecule has 0 amide bonds. The maximum atomic E-state index is 12.5. The molecule has 1 fully saturated rings. The topological polar surface area (TPSA) is 51.5 Å². The van der Waals surface area contributed by atoms with Crippen LogP contribution in [0.2, 0.25) is 5.02 Å². The number of hydrogen-bond donors (Lipinski definition) is 1. The lowest BCUT2D eigenvalue weighted by atomic mass is 9.97. The van der Waals surface area contributed by atoms with Gasteiger partial charge in [-0.15, -0.1) is 11.3 Å². The number of rotatable bonds is 4. The number of halogens is 1. The van der Waals surface area contributed by atoms with Crippen molar-refractivity contribution in [2.45, 2.75) is 18.4 Å². The van der Waals surface area contributed by atoms with Gasteiger partial charge in [-0.25, -0.2) is 0 Å². The van der Waals surface area contributed by atoms with E-state index in [1.807, 2.05) is 48.0 Å². The quantitative estimate of drug-likeness (QED) is 0.458. The molecule has 1 aliphatic carbocycles. The fourth-order valence-corrected chi connectivity index (χ4v) is 4.56. The number of ether oxygens (including phenoxy) is 1. The van der Waals surface area contributed by atoms with Crippen LogP contribution in [0, 0.1) is 0 Å². The molecule has 2 aromatic carbocycles. The summed E-state index contributed by atoms with van der Waals surface area (Å²) in [5, 5.41) is 14.1. The van der Waals surface area contributed by atoms with Gasteiger partial charge in [-0.05, 0) is 66.2 Å².